The average Bonchev–Trinajstić information content (AvgIpc) is 2.94. The lowest BCUT2D eigenvalue weighted by molar-refractivity contribution is 0.753. The Hall–Kier alpha value is -1.73. The molecule has 0 saturated heterocycles. The lowest BCUT2D eigenvalue weighted by Gasteiger charge is -2.14. The molecule has 1 aromatic carbocycles. The van der Waals surface area contributed by atoms with Gasteiger partial charge in [-0.15, -0.1) is 0 Å². The lowest BCUT2D eigenvalue weighted by Crippen LogP contribution is -2.17. The number of benzene rings is 1. The highest BCUT2D eigenvalue weighted by molar-refractivity contribution is 7.99. The minimum atomic E-state index is 0.479. The van der Waals surface area contributed by atoms with Gasteiger partial charge in [0.15, 0.2) is 0 Å². The van der Waals surface area contributed by atoms with Crippen molar-refractivity contribution in [2.45, 2.75) is 30.6 Å². The fourth-order valence-electron chi connectivity index (χ4n) is 2.84. The fraction of sp³-hybridized carbons (Fsp3) is 0.375. The van der Waals surface area contributed by atoms with Crippen molar-refractivity contribution in [3.05, 3.63) is 35.9 Å². The summed E-state index contributed by atoms with van der Waals surface area (Å²) in [6.45, 7) is 0. The second kappa shape index (κ2) is 5.72. The summed E-state index contributed by atoms with van der Waals surface area (Å²) in [5, 5.41) is 14.5. The number of hydrogen-bond donors (Lipinski definition) is 1. The first-order valence-electron chi connectivity index (χ1n) is 6.89. The number of rotatable bonds is 3. The average molecular weight is 283 g/mol. The Morgan fingerprint density at radius 3 is 2.95 bits per heavy atom. The Kier molecular flexibility index (Phi) is 3.79. The molecule has 4 heteroatoms. The van der Waals surface area contributed by atoms with Gasteiger partial charge in [0.25, 0.3) is 0 Å². The molecule has 2 aromatic rings. The van der Waals surface area contributed by atoms with Crippen molar-refractivity contribution in [3.63, 3.8) is 0 Å². The highest BCUT2D eigenvalue weighted by atomic mass is 32.2. The smallest absolute Gasteiger partial charge is 0.128 e. The van der Waals surface area contributed by atoms with Gasteiger partial charge in [0.1, 0.15) is 5.82 Å². The van der Waals surface area contributed by atoms with Gasteiger partial charge in [-0.1, -0.05) is 18.2 Å². The molecule has 20 heavy (non-hydrogen) atoms. The molecule has 2 atom stereocenters. The number of thioether (sulfide) groups is 1. The number of para-hydroxylation sites is 1. The van der Waals surface area contributed by atoms with E-state index in [1.165, 1.54) is 19.3 Å². The maximum absolute atomic E-state index is 9.29. The lowest BCUT2D eigenvalue weighted by atomic mass is 10.1. The molecule has 1 aliphatic carbocycles. The Labute approximate surface area is 123 Å². The first-order valence-corrected chi connectivity index (χ1v) is 8.18. The fourth-order valence-corrected chi connectivity index (χ4v) is 3.63. The van der Waals surface area contributed by atoms with Gasteiger partial charge in [0.05, 0.1) is 17.1 Å². The van der Waals surface area contributed by atoms with Crippen LogP contribution in [0.15, 0.2) is 30.3 Å². The SMILES string of the molecule is CSC1CCC(Nc2cc(C#N)c3ccccc3n2)C1. The largest absolute Gasteiger partial charge is 0.367 e. The summed E-state index contributed by atoms with van der Waals surface area (Å²) in [5.41, 5.74) is 1.57. The number of fused-ring (bicyclic) bond motifs is 1. The summed E-state index contributed by atoms with van der Waals surface area (Å²) in [6.07, 6.45) is 5.80. The second-order valence-corrected chi connectivity index (χ2v) is 6.33. The zero-order chi connectivity index (χ0) is 13.9. The van der Waals surface area contributed by atoms with Crippen LogP contribution in [0.3, 0.4) is 0 Å². The van der Waals surface area contributed by atoms with Crippen LogP contribution >= 0.6 is 11.8 Å². The van der Waals surface area contributed by atoms with Gasteiger partial charge in [-0.25, -0.2) is 4.98 Å². The monoisotopic (exact) mass is 283 g/mol. The van der Waals surface area contributed by atoms with E-state index in [9.17, 15) is 5.26 Å². The minimum Gasteiger partial charge on any atom is -0.367 e. The topological polar surface area (TPSA) is 48.7 Å². The van der Waals surface area contributed by atoms with Crippen molar-refractivity contribution in [1.82, 2.24) is 4.98 Å². The zero-order valence-electron chi connectivity index (χ0n) is 11.5. The van der Waals surface area contributed by atoms with Crippen LogP contribution in [0.4, 0.5) is 5.82 Å². The van der Waals surface area contributed by atoms with Gasteiger partial charge in [0, 0.05) is 16.7 Å². The van der Waals surface area contributed by atoms with Gasteiger partial charge < -0.3 is 5.32 Å². The molecule has 1 heterocycles. The molecule has 2 unspecified atom stereocenters. The van der Waals surface area contributed by atoms with E-state index in [-0.39, 0.29) is 0 Å². The normalized spacial score (nSPS) is 21.8. The standard InChI is InChI=1S/C16H17N3S/c1-20-13-7-6-12(9-13)18-16-8-11(10-17)14-4-2-3-5-15(14)19-16/h2-5,8,12-13H,6-7,9H2,1H3,(H,18,19). The van der Waals surface area contributed by atoms with E-state index in [4.69, 9.17) is 0 Å². The van der Waals surface area contributed by atoms with E-state index in [0.29, 0.717) is 11.6 Å². The molecular formula is C16H17N3S. The first kappa shape index (κ1) is 13.3. The van der Waals surface area contributed by atoms with Crippen molar-refractivity contribution >= 4 is 28.5 Å². The number of hydrogen-bond acceptors (Lipinski definition) is 4. The molecule has 0 radical (unpaired) electrons. The highest BCUT2D eigenvalue weighted by Crippen LogP contribution is 2.30. The van der Waals surface area contributed by atoms with Crippen LogP contribution < -0.4 is 5.32 Å². The summed E-state index contributed by atoms with van der Waals surface area (Å²) in [7, 11) is 0. The molecule has 1 aromatic heterocycles. The van der Waals surface area contributed by atoms with E-state index >= 15 is 0 Å². The number of pyridine rings is 1. The van der Waals surface area contributed by atoms with Gasteiger partial charge in [-0.3, -0.25) is 0 Å². The molecule has 102 valence electrons. The maximum Gasteiger partial charge on any atom is 0.128 e. The molecule has 0 spiro atoms. The summed E-state index contributed by atoms with van der Waals surface area (Å²) in [6, 6.07) is 12.4. The Balaban J connectivity index is 1.87. The molecule has 1 fully saturated rings. The van der Waals surface area contributed by atoms with Crippen molar-refractivity contribution in [2.24, 2.45) is 0 Å². The number of aromatic nitrogens is 1. The predicted octanol–water partition coefficient (Wildman–Crippen LogP) is 3.80. The van der Waals surface area contributed by atoms with E-state index in [2.05, 4.69) is 22.6 Å². The van der Waals surface area contributed by atoms with Crippen LogP contribution in [0, 0.1) is 11.3 Å². The van der Waals surface area contributed by atoms with E-state index < -0.39 is 0 Å². The number of nitrogens with one attached hydrogen (secondary N) is 1. The van der Waals surface area contributed by atoms with Crippen molar-refractivity contribution in [3.8, 4) is 6.07 Å². The van der Waals surface area contributed by atoms with Gasteiger partial charge >= 0.3 is 0 Å². The molecule has 3 nitrogen and oxygen atoms in total. The Bertz CT molecular complexity index is 662. The van der Waals surface area contributed by atoms with E-state index in [1.807, 2.05) is 42.1 Å². The third kappa shape index (κ3) is 2.59. The van der Waals surface area contributed by atoms with Gasteiger partial charge in [0.2, 0.25) is 0 Å². The van der Waals surface area contributed by atoms with Crippen LogP contribution in [0.2, 0.25) is 0 Å². The summed E-state index contributed by atoms with van der Waals surface area (Å²) < 4.78 is 0. The van der Waals surface area contributed by atoms with Crippen molar-refractivity contribution in [1.29, 1.82) is 5.26 Å². The number of anilines is 1. The quantitative estimate of drug-likeness (QED) is 0.930. The summed E-state index contributed by atoms with van der Waals surface area (Å²) in [5.74, 6) is 0.826. The van der Waals surface area contributed by atoms with E-state index in [1.54, 1.807) is 0 Å². The van der Waals surface area contributed by atoms with Crippen LogP contribution in [0.5, 0.6) is 0 Å². The van der Waals surface area contributed by atoms with Crippen LogP contribution in [-0.2, 0) is 0 Å². The number of nitriles is 1. The highest BCUT2D eigenvalue weighted by Gasteiger charge is 2.24. The zero-order valence-corrected chi connectivity index (χ0v) is 12.3. The first-order chi connectivity index (χ1) is 9.80. The van der Waals surface area contributed by atoms with Crippen LogP contribution in [0.25, 0.3) is 10.9 Å². The van der Waals surface area contributed by atoms with Crippen LogP contribution in [0.1, 0.15) is 24.8 Å². The summed E-state index contributed by atoms with van der Waals surface area (Å²) >= 11 is 1.94. The molecule has 1 saturated carbocycles. The Morgan fingerprint density at radius 2 is 2.20 bits per heavy atom. The molecule has 3 rings (SSSR count). The molecular weight excluding hydrogens is 266 g/mol. The van der Waals surface area contributed by atoms with Gasteiger partial charge in [-0.2, -0.15) is 17.0 Å². The third-order valence-electron chi connectivity index (χ3n) is 3.91. The Morgan fingerprint density at radius 1 is 1.35 bits per heavy atom. The molecule has 0 aliphatic heterocycles. The minimum absolute atomic E-state index is 0.479. The van der Waals surface area contributed by atoms with Gasteiger partial charge in [-0.05, 0) is 37.7 Å². The molecule has 1 N–H and O–H groups in total. The van der Waals surface area contributed by atoms with Crippen molar-refractivity contribution < 1.29 is 0 Å². The van der Waals surface area contributed by atoms with E-state index in [0.717, 1.165) is 22.0 Å². The number of nitrogens with zero attached hydrogens (tertiary/aromatic N) is 2. The van der Waals surface area contributed by atoms with Crippen molar-refractivity contribution in [2.75, 3.05) is 11.6 Å². The predicted molar refractivity (Wildman–Crippen MR) is 85.0 cm³/mol. The second-order valence-electron chi connectivity index (χ2n) is 5.20. The molecule has 1 aliphatic rings. The third-order valence-corrected chi connectivity index (χ3v) is 5.00. The molecule has 0 bridgehead atoms. The summed E-state index contributed by atoms with van der Waals surface area (Å²) in [4.78, 5) is 4.63. The maximum atomic E-state index is 9.29. The molecule has 0 amide bonds. The van der Waals surface area contributed by atoms with Crippen LogP contribution in [-0.4, -0.2) is 22.5 Å².